The van der Waals surface area contributed by atoms with E-state index in [2.05, 4.69) is 20.8 Å². The van der Waals surface area contributed by atoms with Gasteiger partial charge in [-0.05, 0) is 23.8 Å². The van der Waals surface area contributed by atoms with Crippen LogP contribution in [-0.2, 0) is 29.0 Å². The van der Waals surface area contributed by atoms with Gasteiger partial charge in [0, 0.05) is 30.8 Å². The molecule has 1 amide bonds. The molecule has 1 atom stereocenters. The first-order valence-corrected chi connectivity index (χ1v) is 7.73. The molecule has 23 heavy (non-hydrogen) atoms. The molecule has 122 valence electrons. The highest BCUT2D eigenvalue weighted by Crippen LogP contribution is 2.28. The highest BCUT2D eigenvalue weighted by Gasteiger charge is 2.26. The number of hydrogen-bond acceptors (Lipinski definition) is 5. The fourth-order valence-electron chi connectivity index (χ4n) is 2.57. The van der Waals surface area contributed by atoms with E-state index in [4.69, 9.17) is 16.3 Å². The molecule has 1 aromatic carbocycles. The molecule has 0 spiro atoms. The molecule has 8 heteroatoms. The second-order valence-corrected chi connectivity index (χ2v) is 5.79. The number of methoxy groups -OCH3 is 1. The van der Waals surface area contributed by atoms with Crippen LogP contribution in [0.5, 0.6) is 0 Å². The van der Waals surface area contributed by atoms with E-state index in [0.29, 0.717) is 37.0 Å². The zero-order valence-electron chi connectivity index (χ0n) is 12.8. The van der Waals surface area contributed by atoms with Gasteiger partial charge in [-0.1, -0.05) is 11.6 Å². The van der Waals surface area contributed by atoms with E-state index in [-0.39, 0.29) is 11.9 Å². The summed E-state index contributed by atoms with van der Waals surface area (Å²) in [6.07, 6.45) is 2.25. The van der Waals surface area contributed by atoms with Crippen LogP contribution < -0.4 is 10.6 Å². The standard InChI is InChI=1S/C15H18ClN5O2/c1-23-5-4-21-9-18-20-14(21)8-17-15(22)13-7-10-6-11(16)2-3-12(10)19-13/h2-3,6,9,13,19H,4-5,7-8H2,1H3,(H,17,22)/t13-/m1/s1. The zero-order valence-corrected chi connectivity index (χ0v) is 13.5. The summed E-state index contributed by atoms with van der Waals surface area (Å²) >= 11 is 5.98. The minimum absolute atomic E-state index is 0.0707. The molecule has 0 unspecified atom stereocenters. The molecule has 0 saturated carbocycles. The van der Waals surface area contributed by atoms with Crippen molar-refractivity contribution in [1.82, 2.24) is 20.1 Å². The lowest BCUT2D eigenvalue weighted by Crippen LogP contribution is -2.38. The van der Waals surface area contributed by atoms with Crippen molar-refractivity contribution < 1.29 is 9.53 Å². The molecule has 0 bridgehead atoms. The summed E-state index contributed by atoms with van der Waals surface area (Å²) in [6, 6.07) is 5.30. The quantitative estimate of drug-likeness (QED) is 0.830. The Kier molecular flexibility index (Phi) is 4.78. The van der Waals surface area contributed by atoms with Crippen molar-refractivity contribution in [2.24, 2.45) is 0 Å². The van der Waals surface area contributed by atoms with Gasteiger partial charge < -0.3 is 19.9 Å². The number of amides is 1. The van der Waals surface area contributed by atoms with Crippen LogP contribution in [0.1, 0.15) is 11.4 Å². The molecule has 2 heterocycles. The minimum atomic E-state index is -0.293. The fraction of sp³-hybridized carbons (Fsp3) is 0.400. The molecule has 3 rings (SSSR count). The smallest absolute Gasteiger partial charge is 0.243 e. The van der Waals surface area contributed by atoms with Crippen LogP contribution in [0, 0.1) is 0 Å². The van der Waals surface area contributed by atoms with Crippen molar-refractivity contribution in [3.05, 3.63) is 40.9 Å². The Bertz CT molecular complexity index is 703. The van der Waals surface area contributed by atoms with Crippen molar-refractivity contribution in [2.75, 3.05) is 19.0 Å². The van der Waals surface area contributed by atoms with Gasteiger partial charge in [0.25, 0.3) is 0 Å². The SMILES string of the molecule is COCCn1cnnc1CNC(=O)[C@H]1Cc2cc(Cl)ccc2N1. The molecule has 1 aliphatic heterocycles. The van der Waals surface area contributed by atoms with Crippen molar-refractivity contribution in [3.63, 3.8) is 0 Å². The summed E-state index contributed by atoms with van der Waals surface area (Å²) in [5, 5.41) is 14.7. The number of aromatic nitrogens is 3. The zero-order chi connectivity index (χ0) is 16.2. The lowest BCUT2D eigenvalue weighted by Gasteiger charge is -2.12. The highest BCUT2D eigenvalue weighted by atomic mass is 35.5. The fourth-order valence-corrected chi connectivity index (χ4v) is 2.77. The van der Waals surface area contributed by atoms with Crippen molar-refractivity contribution >= 4 is 23.2 Å². The van der Waals surface area contributed by atoms with Crippen molar-refractivity contribution in [1.29, 1.82) is 0 Å². The second kappa shape index (κ2) is 6.97. The number of nitrogens with zero attached hydrogens (tertiary/aromatic N) is 3. The van der Waals surface area contributed by atoms with Gasteiger partial charge in [0.05, 0.1) is 13.2 Å². The third-order valence-electron chi connectivity index (χ3n) is 3.79. The molecular formula is C15H18ClN5O2. The van der Waals surface area contributed by atoms with E-state index in [1.165, 1.54) is 0 Å². The Morgan fingerprint density at radius 3 is 3.26 bits per heavy atom. The maximum absolute atomic E-state index is 12.3. The summed E-state index contributed by atoms with van der Waals surface area (Å²) in [5.41, 5.74) is 2.01. The molecule has 0 radical (unpaired) electrons. The Morgan fingerprint density at radius 2 is 2.43 bits per heavy atom. The van der Waals surface area contributed by atoms with E-state index in [1.54, 1.807) is 13.4 Å². The van der Waals surface area contributed by atoms with Gasteiger partial charge in [-0.25, -0.2) is 0 Å². The number of fused-ring (bicyclic) bond motifs is 1. The maximum atomic E-state index is 12.3. The number of ether oxygens (including phenoxy) is 1. The Morgan fingerprint density at radius 1 is 1.57 bits per heavy atom. The predicted octanol–water partition coefficient (Wildman–Crippen LogP) is 1.23. The number of halogens is 1. The highest BCUT2D eigenvalue weighted by molar-refractivity contribution is 6.30. The average molecular weight is 336 g/mol. The first kappa shape index (κ1) is 15.8. The van der Waals surface area contributed by atoms with Gasteiger partial charge in [-0.15, -0.1) is 10.2 Å². The number of carbonyl (C=O) groups excluding carboxylic acids is 1. The summed E-state index contributed by atoms with van der Waals surface area (Å²) in [5.74, 6) is 0.632. The molecule has 7 nitrogen and oxygen atoms in total. The van der Waals surface area contributed by atoms with E-state index < -0.39 is 0 Å². The van der Waals surface area contributed by atoms with Crippen LogP contribution in [0.25, 0.3) is 0 Å². The minimum Gasteiger partial charge on any atom is -0.383 e. The van der Waals surface area contributed by atoms with Gasteiger partial charge >= 0.3 is 0 Å². The molecule has 2 aromatic rings. The Balaban J connectivity index is 1.56. The topological polar surface area (TPSA) is 81.1 Å². The molecule has 0 fully saturated rings. The molecule has 1 aromatic heterocycles. The maximum Gasteiger partial charge on any atom is 0.243 e. The van der Waals surface area contributed by atoms with Crippen molar-refractivity contribution in [3.8, 4) is 0 Å². The number of hydrogen-bond donors (Lipinski definition) is 2. The lowest BCUT2D eigenvalue weighted by molar-refractivity contribution is -0.121. The number of nitrogens with one attached hydrogen (secondary N) is 2. The van der Waals surface area contributed by atoms with E-state index >= 15 is 0 Å². The Labute approximate surface area is 139 Å². The van der Waals surface area contributed by atoms with Crippen LogP contribution in [0.15, 0.2) is 24.5 Å². The molecule has 0 aliphatic carbocycles. The van der Waals surface area contributed by atoms with Gasteiger partial charge in [0.2, 0.25) is 5.91 Å². The molecule has 0 saturated heterocycles. The number of anilines is 1. The van der Waals surface area contributed by atoms with E-state index in [9.17, 15) is 4.79 Å². The molecule has 1 aliphatic rings. The van der Waals surface area contributed by atoms with Gasteiger partial charge in [-0.2, -0.15) is 0 Å². The summed E-state index contributed by atoms with van der Waals surface area (Å²) in [6.45, 7) is 1.55. The Hall–Kier alpha value is -2.12. The second-order valence-electron chi connectivity index (χ2n) is 5.35. The summed E-state index contributed by atoms with van der Waals surface area (Å²) < 4.78 is 6.90. The van der Waals surface area contributed by atoms with Crippen molar-refractivity contribution in [2.45, 2.75) is 25.6 Å². The third-order valence-corrected chi connectivity index (χ3v) is 4.03. The molecule has 2 N–H and O–H groups in total. The summed E-state index contributed by atoms with van der Waals surface area (Å²) in [7, 11) is 1.64. The third kappa shape index (κ3) is 3.62. The van der Waals surface area contributed by atoms with Crippen LogP contribution in [-0.4, -0.2) is 40.4 Å². The lowest BCUT2D eigenvalue weighted by atomic mass is 10.1. The first-order chi connectivity index (χ1) is 11.2. The van der Waals surface area contributed by atoms with Crippen LogP contribution in [0.2, 0.25) is 5.02 Å². The van der Waals surface area contributed by atoms with Gasteiger partial charge in [0.15, 0.2) is 5.82 Å². The number of rotatable bonds is 6. The van der Waals surface area contributed by atoms with Crippen LogP contribution in [0.4, 0.5) is 5.69 Å². The largest absolute Gasteiger partial charge is 0.383 e. The predicted molar refractivity (Wildman–Crippen MR) is 86.3 cm³/mol. The number of benzene rings is 1. The normalized spacial score (nSPS) is 16.0. The van der Waals surface area contributed by atoms with E-state index in [0.717, 1.165) is 11.3 Å². The summed E-state index contributed by atoms with van der Waals surface area (Å²) in [4.78, 5) is 12.3. The monoisotopic (exact) mass is 335 g/mol. The van der Waals surface area contributed by atoms with Crippen LogP contribution in [0.3, 0.4) is 0 Å². The average Bonchev–Trinajstić information content (AvgIpc) is 3.16. The van der Waals surface area contributed by atoms with Gasteiger partial charge in [0.1, 0.15) is 12.4 Å². The van der Waals surface area contributed by atoms with Gasteiger partial charge in [-0.3, -0.25) is 4.79 Å². The number of carbonyl (C=O) groups is 1. The van der Waals surface area contributed by atoms with E-state index in [1.807, 2.05) is 22.8 Å². The molecular weight excluding hydrogens is 318 g/mol. The first-order valence-electron chi connectivity index (χ1n) is 7.35. The van der Waals surface area contributed by atoms with Crippen LogP contribution >= 0.6 is 11.6 Å².